The van der Waals surface area contributed by atoms with Gasteiger partial charge in [0.25, 0.3) is 0 Å². The first kappa shape index (κ1) is 14.1. The molecule has 112 valence electrons. The Morgan fingerprint density at radius 1 is 1.19 bits per heavy atom. The average molecular weight is 286 g/mol. The highest BCUT2D eigenvalue weighted by Gasteiger charge is 2.15. The van der Waals surface area contributed by atoms with Crippen LogP contribution >= 0.6 is 0 Å². The second-order valence-corrected chi connectivity index (χ2v) is 5.63. The Hall–Kier alpha value is -1.81. The zero-order valence-corrected chi connectivity index (χ0v) is 12.3. The molecule has 21 heavy (non-hydrogen) atoms. The minimum absolute atomic E-state index is 0.277. The highest BCUT2D eigenvalue weighted by Crippen LogP contribution is 2.20. The van der Waals surface area contributed by atoms with Gasteiger partial charge in [-0.1, -0.05) is 18.2 Å². The van der Waals surface area contributed by atoms with E-state index in [-0.39, 0.29) is 5.91 Å². The maximum atomic E-state index is 12.0. The highest BCUT2D eigenvalue weighted by atomic mass is 16.3. The molecule has 0 atom stereocenters. The van der Waals surface area contributed by atoms with Crippen molar-refractivity contribution in [1.29, 1.82) is 0 Å². The zero-order chi connectivity index (χ0) is 14.5. The molecule has 1 N–H and O–H groups in total. The maximum absolute atomic E-state index is 12.0. The van der Waals surface area contributed by atoms with E-state index in [9.17, 15) is 4.79 Å². The van der Waals surface area contributed by atoms with Crippen LogP contribution < -0.4 is 5.32 Å². The fourth-order valence-electron chi connectivity index (χ4n) is 2.89. The van der Waals surface area contributed by atoms with Gasteiger partial charge >= 0.3 is 0 Å². The molecule has 0 unspecified atom stereocenters. The number of benzene rings is 1. The Morgan fingerprint density at radius 2 is 2.00 bits per heavy atom. The van der Waals surface area contributed by atoms with Crippen molar-refractivity contribution in [3.63, 3.8) is 0 Å². The summed E-state index contributed by atoms with van der Waals surface area (Å²) in [6.45, 7) is 3.33. The monoisotopic (exact) mass is 286 g/mol. The first-order valence-electron chi connectivity index (χ1n) is 7.78. The van der Waals surface area contributed by atoms with Gasteiger partial charge in [0.15, 0.2) is 0 Å². The normalized spacial score (nSPS) is 15.5. The molecule has 0 saturated carbocycles. The van der Waals surface area contributed by atoms with Crippen LogP contribution in [-0.2, 0) is 11.3 Å². The summed E-state index contributed by atoms with van der Waals surface area (Å²) in [7, 11) is 0. The number of hydrogen-bond donors (Lipinski definition) is 1. The lowest BCUT2D eigenvalue weighted by Crippen LogP contribution is -2.37. The first-order chi connectivity index (χ1) is 10.3. The number of nitrogens with one attached hydrogen (secondary N) is 1. The maximum Gasteiger partial charge on any atom is 0.223 e. The largest absolute Gasteiger partial charge is 0.464 e. The molecule has 2 aromatic rings. The summed E-state index contributed by atoms with van der Waals surface area (Å²) in [5.41, 5.74) is 2.06. The summed E-state index contributed by atoms with van der Waals surface area (Å²) in [6.07, 6.45) is 5.94. The van der Waals surface area contributed by atoms with Crippen molar-refractivity contribution in [2.75, 3.05) is 19.6 Å². The summed E-state index contributed by atoms with van der Waals surface area (Å²) < 4.78 is 5.51. The van der Waals surface area contributed by atoms with Gasteiger partial charge < -0.3 is 14.6 Å². The van der Waals surface area contributed by atoms with Gasteiger partial charge in [0.05, 0.1) is 6.26 Å². The van der Waals surface area contributed by atoms with E-state index in [1.807, 2.05) is 23.1 Å². The standard InChI is InChI=1S/C17H22N2O2/c20-17(19-10-4-1-5-11-19)8-9-18-12-14-13-21-16-7-3-2-6-15(14)16/h2-3,6-7,13,18H,1,4-5,8-12H2. The molecule has 0 spiro atoms. The van der Waals surface area contributed by atoms with Crippen LogP contribution in [-0.4, -0.2) is 30.4 Å². The molecule has 1 amide bonds. The Labute approximate surface area is 125 Å². The van der Waals surface area contributed by atoms with Crippen molar-refractivity contribution in [3.8, 4) is 0 Å². The Morgan fingerprint density at radius 3 is 2.86 bits per heavy atom. The molecule has 0 radical (unpaired) electrons. The minimum Gasteiger partial charge on any atom is -0.464 e. The molecule has 1 saturated heterocycles. The van der Waals surface area contributed by atoms with E-state index in [1.54, 1.807) is 6.26 Å². The predicted molar refractivity (Wildman–Crippen MR) is 83.0 cm³/mol. The molecule has 1 aromatic heterocycles. The molecule has 1 aliphatic heterocycles. The Bertz CT molecular complexity index is 600. The van der Waals surface area contributed by atoms with E-state index in [0.29, 0.717) is 6.42 Å². The number of hydrogen-bond acceptors (Lipinski definition) is 3. The molecule has 4 nitrogen and oxygen atoms in total. The molecule has 1 aliphatic rings. The molecular formula is C17H22N2O2. The summed E-state index contributed by atoms with van der Waals surface area (Å²) in [5.74, 6) is 0.277. The average Bonchev–Trinajstić information content (AvgIpc) is 2.95. The minimum atomic E-state index is 0.277. The fraction of sp³-hybridized carbons (Fsp3) is 0.471. The van der Waals surface area contributed by atoms with Crippen LogP contribution in [0.2, 0.25) is 0 Å². The van der Waals surface area contributed by atoms with Gasteiger partial charge in [0.2, 0.25) is 5.91 Å². The summed E-state index contributed by atoms with van der Waals surface area (Å²) in [5, 5.41) is 4.49. The van der Waals surface area contributed by atoms with Crippen molar-refractivity contribution in [2.24, 2.45) is 0 Å². The molecule has 0 aliphatic carbocycles. The number of amides is 1. The second kappa shape index (κ2) is 6.76. The molecule has 3 rings (SSSR count). The van der Waals surface area contributed by atoms with Crippen molar-refractivity contribution >= 4 is 16.9 Å². The third-order valence-corrected chi connectivity index (χ3v) is 4.10. The first-order valence-corrected chi connectivity index (χ1v) is 7.78. The van der Waals surface area contributed by atoms with E-state index in [1.165, 1.54) is 6.42 Å². The van der Waals surface area contributed by atoms with Gasteiger partial charge in [-0.05, 0) is 25.3 Å². The predicted octanol–water partition coefficient (Wildman–Crippen LogP) is 2.93. The van der Waals surface area contributed by atoms with Gasteiger partial charge in [-0.15, -0.1) is 0 Å². The van der Waals surface area contributed by atoms with Crippen molar-refractivity contribution in [2.45, 2.75) is 32.2 Å². The summed E-state index contributed by atoms with van der Waals surface area (Å²) in [6, 6.07) is 8.02. The van der Waals surface area contributed by atoms with Gasteiger partial charge in [-0.25, -0.2) is 0 Å². The number of piperidine rings is 1. The molecule has 2 heterocycles. The smallest absolute Gasteiger partial charge is 0.223 e. The van der Waals surface area contributed by atoms with E-state index in [4.69, 9.17) is 4.42 Å². The van der Waals surface area contributed by atoms with Crippen LogP contribution in [0.25, 0.3) is 11.0 Å². The number of rotatable bonds is 5. The van der Waals surface area contributed by atoms with E-state index in [2.05, 4.69) is 11.4 Å². The molecule has 1 fully saturated rings. The van der Waals surface area contributed by atoms with Crippen LogP contribution in [0.15, 0.2) is 34.9 Å². The number of carbonyl (C=O) groups is 1. The van der Waals surface area contributed by atoms with Gasteiger partial charge in [0.1, 0.15) is 5.58 Å². The van der Waals surface area contributed by atoms with Crippen molar-refractivity contribution < 1.29 is 9.21 Å². The number of fused-ring (bicyclic) bond motifs is 1. The second-order valence-electron chi connectivity index (χ2n) is 5.63. The topological polar surface area (TPSA) is 45.5 Å². The zero-order valence-electron chi connectivity index (χ0n) is 12.3. The SMILES string of the molecule is O=C(CCNCc1coc2ccccc12)N1CCCCC1. The lowest BCUT2D eigenvalue weighted by atomic mass is 10.1. The molecule has 0 bridgehead atoms. The van der Waals surface area contributed by atoms with Crippen LogP contribution in [0.3, 0.4) is 0 Å². The molecule has 1 aromatic carbocycles. The van der Waals surface area contributed by atoms with Gasteiger partial charge in [-0.3, -0.25) is 4.79 Å². The molecule has 4 heteroatoms. The van der Waals surface area contributed by atoms with E-state index < -0.39 is 0 Å². The van der Waals surface area contributed by atoms with Crippen LogP contribution in [0.5, 0.6) is 0 Å². The number of furan rings is 1. The highest BCUT2D eigenvalue weighted by molar-refractivity contribution is 5.80. The number of likely N-dealkylation sites (tertiary alicyclic amines) is 1. The lowest BCUT2D eigenvalue weighted by Gasteiger charge is -2.26. The molecular weight excluding hydrogens is 264 g/mol. The summed E-state index contributed by atoms with van der Waals surface area (Å²) in [4.78, 5) is 14.0. The number of para-hydroxylation sites is 1. The van der Waals surface area contributed by atoms with Crippen LogP contribution in [0.4, 0.5) is 0 Å². The van der Waals surface area contributed by atoms with Gasteiger partial charge in [0, 0.05) is 43.5 Å². The number of carbonyl (C=O) groups excluding carboxylic acids is 1. The van der Waals surface area contributed by atoms with Crippen LogP contribution in [0.1, 0.15) is 31.2 Å². The Balaban J connectivity index is 1.44. The summed E-state index contributed by atoms with van der Waals surface area (Å²) >= 11 is 0. The van der Waals surface area contributed by atoms with E-state index in [0.717, 1.165) is 55.6 Å². The van der Waals surface area contributed by atoms with Crippen molar-refractivity contribution in [3.05, 3.63) is 36.1 Å². The third kappa shape index (κ3) is 3.45. The van der Waals surface area contributed by atoms with Gasteiger partial charge in [-0.2, -0.15) is 0 Å². The third-order valence-electron chi connectivity index (χ3n) is 4.10. The number of nitrogens with zero attached hydrogens (tertiary/aromatic N) is 1. The fourth-order valence-corrected chi connectivity index (χ4v) is 2.89. The quantitative estimate of drug-likeness (QED) is 0.860. The Kier molecular flexibility index (Phi) is 4.55. The van der Waals surface area contributed by atoms with Crippen LogP contribution in [0, 0.1) is 0 Å². The van der Waals surface area contributed by atoms with E-state index >= 15 is 0 Å². The van der Waals surface area contributed by atoms with Crippen molar-refractivity contribution in [1.82, 2.24) is 10.2 Å². The lowest BCUT2D eigenvalue weighted by molar-refractivity contribution is -0.131.